The van der Waals surface area contributed by atoms with Crippen LogP contribution in [0.2, 0.25) is 0 Å². The third-order valence-corrected chi connectivity index (χ3v) is 9.66. The van der Waals surface area contributed by atoms with Crippen molar-refractivity contribution in [2.45, 2.75) is 162 Å². The van der Waals surface area contributed by atoms with E-state index in [1.807, 2.05) is 20.8 Å². The SMILES string of the molecule is CCCCCCCCCC[C@H]1OC(=O)CNC(=O)[C@H](C(C)(C)O)NC(=O)[C@H](CO)NC(=O)[C@H](C(C)CC)NC(=O)[C@H](CC(C)C)N(C)C(=O)[C@@H]1C. The summed E-state index contributed by atoms with van der Waals surface area (Å²) < 4.78 is 5.81. The van der Waals surface area contributed by atoms with Gasteiger partial charge < -0.3 is 41.1 Å². The lowest BCUT2D eigenvalue weighted by Gasteiger charge is -2.34. The van der Waals surface area contributed by atoms with Gasteiger partial charge >= 0.3 is 5.97 Å². The standard InChI is InChI=1S/C37H67N5O9/c1-10-12-13-14-15-16-17-18-19-28-25(6)36(49)42(9)27(20-23(3)4)33(46)40-30(24(5)11-2)34(47)39-26(22-43)32(45)41-31(37(7,8)50)35(48)38-21-29(44)51-28/h23-28,30-31,43,50H,10-22H2,1-9H3,(H,38,48)(H,39,47)(H,40,46)(H,41,45)/t24?,25-,26+,27+,28-,30+,31-/m1/s1. The van der Waals surface area contributed by atoms with Crippen LogP contribution in [0.15, 0.2) is 0 Å². The predicted molar refractivity (Wildman–Crippen MR) is 194 cm³/mol. The summed E-state index contributed by atoms with van der Waals surface area (Å²) in [5, 5.41) is 30.8. The maximum atomic E-state index is 14.0. The van der Waals surface area contributed by atoms with Crippen molar-refractivity contribution in [3.8, 4) is 0 Å². The van der Waals surface area contributed by atoms with Gasteiger partial charge in [-0.2, -0.15) is 0 Å². The van der Waals surface area contributed by atoms with Crippen LogP contribution in [-0.4, -0.2) is 107 Å². The van der Waals surface area contributed by atoms with Gasteiger partial charge in [0.05, 0.1) is 18.1 Å². The van der Waals surface area contributed by atoms with Gasteiger partial charge in [0.2, 0.25) is 29.5 Å². The van der Waals surface area contributed by atoms with E-state index in [1.165, 1.54) is 45.1 Å². The van der Waals surface area contributed by atoms with E-state index < -0.39 is 96.4 Å². The zero-order valence-electron chi connectivity index (χ0n) is 32.5. The van der Waals surface area contributed by atoms with Gasteiger partial charge in [0.25, 0.3) is 0 Å². The number of ether oxygens (including phenoxy) is 1. The lowest BCUT2D eigenvalue weighted by molar-refractivity contribution is -0.158. The minimum atomic E-state index is -1.82. The van der Waals surface area contributed by atoms with Crippen LogP contribution in [0.3, 0.4) is 0 Å². The van der Waals surface area contributed by atoms with Gasteiger partial charge in [-0.3, -0.25) is 28.8 Å². The highest BCUT2D eigenvalue weighted by molar-refractivity contribution is 5.96. The van der Waals surface area contributed by atoms with E-state index in [0.29, 0.717) is 19.3 Å². The number of amides is 5. The number of rotatable bonds is 15. The van der Waals surface area contributed by atoms with Gasteiger partial charge in [-0.1, -0.05) is 92.9 Å². The van der Waals surface area contributed by atoms with Crippen molar-refractivity contribution in [1.29, 1.82) is 0 Å². The van der Waals surface area contributed by atoms with E-state index in [0.717, 1.165) is 25.7 Å². The third-order valence-electron chi connectivity index (χ3n) is 9.66. The Bertz CT molecular complexity index is 1140. The number of aliphatic hydroxyl groups excluding tert-OH is 1. The summed E-state index contributed by atoms with van der Waals surface area (Å²) in [7, 11) is 1.52. The molecule has 14 nitrogen and oxygen atoms in total. The molecule has 5 amide bonds. The number of carbonyl (C=O) groups excluding carboxylic acids is 6. The molecule has 1 aliphatic rings. The molecule has 0 aromatic rings. The van der Waals surface area contributed by atoms with Crippen molar-refractivity contribution >= 4 is 35.5 Å². The molecular formula is C37H67N5O9. The monoisotopic (exact) mass is 725 g/mol. The average molecular weight is 726 g/mol. The number of likely N-dealkylation sites (N-methyl/N-ethyl adjacent to an activating group) is 1. The molecule has 0 spiro atoms. The molecule has 0 radical (unpaired) electrons. The van der Waals surface area contributed by atoms with Crippen LogP contribution < -0.4 is 21.3 Å². The van der Waals surface area contributed by atoms with Crippen LogP contribution in [0.4, 0.5) is 0 Å². The molecular weight excluding hydrogens is 658 g/mol. The summed E-state index contributed by atoms with van der Waals surface area (Å²) in [5.74, 6) is -5.68. The quantitative estimate of drug-likeness (QED) is 0.108. The Kier molecular flexibility index (Phi) is 20.3. The molecule has 1 saturated heterocycles. The van der Waals surface area contributed by atoms with Crippen LogP contribution in [0.1, 0.15) is 126 Å². The molecule has 14 heteroatoms. The summed E-state index contributed by atoms with van der Waals surface area (Å²) in [6.07, 6.45) is 8.66. The molecule has 1 fully saturated rings. The van der Waals surface area contributed by atoms with E-state index in [-0.39, 0.29) is 12.3 Å². The molecule has 1 aliphatic heterocycles. The highest BCUT2D eigenvalue weighted by Gasteiger charge is 2.40. The summed E-state index contributed by atoms with van der Waals surface area (Å²) in [5.41, 5.74) is -1.82. The van der Waals surface area contributed by atoms with Gasteiger partial charge in [-0.05, 0) is 44.9 Å². The van der Waals surface area contributed by atoms with Crippen molar-refractivity contribution in [2.24, 2.45) is 17.8 Å². The first-order valence-electron chi connectivity index (χ1n) is 18.9. The molecule has 0 bridgehead atoms. The summed E-state index contributed by atoms with van der Waals surface area (Å²) >= 11 is 0. The molecule has 0 aliphatic carbocycles. The normalized spacial score (nSPS) is 25.9. The van der Waals surface area contributed by atoms with E-state index >= 15 is 0 Å². The van der Waals surface area contributed by atoms with Gasteiger partial charge in [-0.15, -0.1) is 0 Å². The molecule has 6 N–H and O–H groups in total. The maximum absolute atomic E-state index is 14.0. The summed E-state index contributed by atoms with van der Waals surface area (Å²) in [6.45, 7) is 12.3. The Balaban J connectivity index is 3.55. The Morgan fingerprint density at radius 3 is 1.96 bits per heavy atom. The minimum Gasteiger partial charge on any atom is -0.460 e. The predicted octanol–water partition coefficient (Wildman–Crippen LogP) is 2.33. The topological polar surface area (TPSA) is 203 Å². The number of nitrogens with zero attached hydrogens (tertiary/aromatic N) is 1. The first kappa shape index (κ1) is 45.8. The minimum absolute atomic E-state index is 0.00969. The zero-order valence-corrected chi connectivity index (χ0v) is 32.5. The number of nitrogens with one attached hydrogen (secondary N) is 4. The van der Waals surface area contributed by atoms with Gasteiger partial charge in [0.1, 0.15) is 36.8 Å². The Labute approximate surface area is 305 Å². The molecule has 0 aromatic carbocycles. The number of esters is 1. The second-order valence-corrected chi connectivity index (χ2v) is 15.1. The second kappa shape index (κ2) is 22.6. The van der Waals surface area contributed by atoms with Crippen LogP contribution in [0.25, 0.3) is 0 Å². The van der Waals surface area contributed by atoms with Crippen molar-refractivity contribution < 1.29 is 43.7 Å². The van der Waals surface area contributed by atoms with E-state index in [4.69, 9.17) is 4.74 Å². The number of hydrogen-bond acceptors (Lipinski definition) is 9. The van der Waals surface area contributed by atoms with Gasteiger partial charge in [0.15, 0.2) is 0 Å². The van der Waals surface area contributed by atoms with Gasteiger partial charge in [-0.25, -0.2) is 0 Å². The van der Waals surface area contributed by atoms with Crippen molar-refractivity contribution in [3.05, 3.63) is 0 Å². The van der Waals surface area contributed by atoms with Crippen LogP contribution >= 0.6 is 0 Å². The number of aliphatic hydroxyl groups is 2. The smallest absolute Gasteiger partial charge is 0.325 e. The molecule has 7 atom stereocenters. The fraction of sp³-hybridized carbons (Fsp3) is 0.838. The Morgan fingerprint density at radius 2 is 1.43 bits per heavy atom. The number of cyclic esters (lactones) is 1. The highest BCUT2D eigenvalue weighted by atomic mass is 16.5. The van der Waals surface area contributed by atoms with Crippen molar-refractivity contribution in [2.75, 3.05) is 20.2 Å². The van der Waals surface area contributed by atoms with Crippen LogP contribution in [0, 0.1) is 17.8 Å². The lowest BCUT2D eigenvalue weighted by atomic mass is 9.94. The fourth-order valence-electron chi connectivity index (χ4n) is 6.10. The first-order chi connectivity index (χ1) is 23.9. The Morgan fingerprint density at radius 1 is 0.843 bits per heavy atom. The zero-order chi connectivity index (χ0) is 38.9. The molecule has 1 heterocycles. The van der Waals surface area contributed by atoms with E-state index in [9.17, 15) is 39.0 Å². The highest BCUT2D eigenvalue weighted by Crippen LogP contribution is 2.22. The lowest BCUT2D eigenvalue weighted by Crippen LogP contribution is -2.63. The molecule has 1 rings (SSSR count). The Hall–Kier alpha value is -3.26. The second-order valence-electron chi connectivity index (χ2n) is 15.1. The number of hydrogen-bond donors (Lipinski definition) is 6. The number of unbranched alkanes of at least 4 members (excludes halogenated alkanes) is 7. The number of carbonyl (C=O) groups is 6. The molecule has 1 unspecified atom stereocenters. The molecule has 294 valence electrons. The average Bonchev–Trinajstić information content (AvgIpc) is 3.07. The van der Waals surface area contributed by atoms with Gasteiger partial charge in [0, 0.05) is 7.05 Å². The molecule has 0 saturated carbocycles. The molecule has 0 aromatic heterocycles. The van der Waals surface area contributed by atoms with Crippen LogP contribution in [-0.2, 0) is 33.5 Å². The van der Waals surface area contributed by atoms with E-state index in [2.05, 4.69) is 28.2 Å². The third kappa shape index (κ3) is 15.5. The molecule has 51 heavy (non-hydrogen) atoms. The fourth-order valence-corrected chi connectivity index (χ4v) is 6.10. The first-order valence-corrected chi connectivity index (χ1v) is 18.9. The largest absolute Gasteiger partial charge is 0.460 e. The maximum Gasteiger partial charge on any atom is 0.325 e. The summed E-state index contributed by atoms with van der Waals surface area (Å²) in [4.78, 5) is 82.5. The van der Waals surface area contributed by atoms with Crippen LogP contribution in [0.5, 0.6) is 0 Å². The van der Waals surface area contributed by atoms with E-state index in [1.54, 1.807) is 13.8 Å². The van der Waals surface area contributed by atoms with Crippen molar-refractivity contribution in [3.63, 3.8) is 0 Å². The summed E-state index contributed by atoms with van der Waals surface area (Å²) in [6, 6.07) is -5.23. The van der Waals surface area contributed by atoms with Crippen molar-refractivity contribution in [1.82, 2.24) is 26.2 Å².